The fraction of sp³-hybridized carbons (Fsp3) is 0.611. The van der Waals surface area contributed by atoms with Crippen molar-refractivity contribution in [2.24, 2.45) is 5.92 Å². The third kappa shape index (κ3) is 4.07. The van der Waals surface area contributed by atoms with Crippen molar-refractivity contribution >= 4 is 5.91 Å². The van der Waals surface area contributed by atoms with Gasteiger partial charge in [0.2, 0.25) is 5.91 Å². The molecule has 1 aliphatic heterocycles. The molecule has 0 radical (unpaired) electrons. The van der Waals surface area contributed by atoms with Crippen LogP contribution >= 0.6 is 0 Å². The van der Waals surface area contributed by atoms with Gasteiger partial charge in [0.05, 0.1) is 0 Å². The molecule has 1 N–H and O–H groups in total. The molecule has 114 valence electrons. The molecule has 3 rings (SSSR count). The topological polar surface area (TPSA) is 32.3 Å². The molecule has 0 atom stereocenters. The molecule has 1 heterocycles. The van der Waals surface area contributed by atoms with Crippen LogP contribution in [0, 0.1) is 5.92 Å². The quantitative estimate of drug-likeness (QED) is 0.902. The Kier molecular flexibility index (Phi) is 4.91. The largest absolute Gasteiger partial charge is 0.352 e. The standard InChI is InChI=1S/C18H26N2O/c21-18(17-5-1-2-6-17)19-13-15-7-9-16(10-8-15)14-20-11-3-4-12-20/h7-10,17H,1-6,11-14H2,(H,19,21). The van der Waals surface area contributed by atoms with Gasteiger partial charge in [0.25, 0.3) is 0 Å². The van der Waals surface area contributed by atoms with Gasteiger partial charge >= 0.3 is 0 Å². The predicted molar refractivity (Wildman–Crippen MR) is 84.8 cm³/mol. The zero-order valence-corrected chi connectivity index (χ0v) is 12.8. The van der Waals surface area contributed by atoms with Gasteiger partial charge in [-0.15, -0.1) is 0 Å². The highest BCUT2D eigenvalue weighted by atomic mass is 16.1. The number of hydrogen-bond acceptors (Lipinski definition) is 2. The highest BCUT2D eigenvalue weighted by Gasteiger charge is 2.22. The van der Waals surface area contributed by atoms with Crippen molar-refractivity contribution in [2.75, 3.05) is 13.1 Å². The number of benzene rings is 1. The third-order valence-electron chi connectivity index (χ3n) is 4.82. The molecule has 1 saturated heterocycles. The number of nitrogens with zero attached hydrogens (tertiary/aromatic N) is 1. The molecule has 2 aliphatic rings. The average Bonchev–Trinajstić information content (AvgIpc) is 3.19. The van der Waals surface area contributed by atoms with E-state index in [1.165, 1.54) is 49.9 Å². The van der Waals surface area contributed by atoms with E-state index in [9.17, 15) is 4.79 Å². The zero-order valence-electron chi connectivity index (χ0n) is 12.8. The highest BCUT2D eigenvalue weighted by molar-refractivity contribution is 5.78. The number of carbonyl (C=O) groups is 1. The number of likely N-dealkylation sites (tertiary alicyclic amines) is 1. The van der Waals surface area contributed by atoms with Crippen molar-refractivity contribution in [3.05, 3.63) is 35.4 Å². The average molecular weight is 286 g/mol. The van der Waals surface area contributed by atoms with Gasteiger partial charge in [-0.25, -0.2) is 0 Å². The summed E-state index contributed by atoms with van der Waals surface area (Å²) in [6, 6.07) is 8.71. The molecule has 1 aromatic carbocycles. The lowest BCUT2D eigenvalue weighted by Gasteiger charge is -2.15. The van der Waals surface area contributed by atoms with Crippen LogP contribution < -0.4 is 5.32 Å². The minimum absolute atomic E-state index is 0.244. The van der Waals surface area contributed by atoms with Crippen LogP contribution in [0.15, 0.2) is 24.3 Å². The Morgan fingerprint density at radius 2 is 1.62 bits per heavy atom. The SMILES string of the molecule is O=C(NCc1ccc(CN2CCCC2)cc1)C1CCCC1. The Morgan fingerprint density at radius 3 is 2.29 bits per heavy atom. The summed E-state index contributed by atoms with van der Waals surface area (Å²) in [6.07, 6.45) is 7.24. The fourth-order valence-corrected chi connectivity index (χ4v) is 3.48. The molecule has 0 spiro atoms. The second-order valence-corrected chi connectivity index (χ2v) is 6.50. The molecular weight excluding hydrogens is 260 g/mol. The van der Waals surface area contributed by atoms with E-state index in [0.29, 0.717) is 6.54 Å². The van der Waals surface area contributed by atoms with Gasteiger partial charge in [-0.1, -0.05) is 37.1 Å². The zero-order chi connectivity index (χ0) is 14.5. The van der Waals surface area contributed by atoms with Crippen LogP contribution in [-0.2, 0) is 17.9 Å². The van der Waals surface area contributed by atoms with Crippen molar-refractivity contribution in [1.29, 1.82) is 0 Å². The van der Waals surface area contributed by atoms with Gasteiger partial charge in [0, 0.05) is 19.0 Å². The first-order valence-corrected chi connectivity index (χ1v) is 8.39. The number of amides is 1. The van der Waals surface area contributed by atoms with Crippen LogP contribution in [0.3, 0.4) is 0 Å². The van der Waals surface area contributed by atoms with E-state index in [0.717, 1.165) is 19.4 Å². The van der Waals surface area contributed by atoms with Crippen molar-refractivity contribution in [2.45, 2.75) is 51.6 Å². The van der Waals surface area contributed by atoms with Gasteiger partial charge in [-0.05, 0) is 49.9 Å². The van der Waals surface area contributed by atoms with Crippen LogP contribution in [0.5, 0.6) is 0 Å². The van der Waals surface area contributed by atoms with E-state index in [-0.39, 0.29) is 11.8 Å². The maximum atomic E-state index is 12.0. The Bertz CT molecular complexity index is 457. The van der Waals surface area contributed by atoms with Crippen LogP contribution in [0.1, 0.15) is 49.7 Å². The van der Waals surface area contributed by atoms with Gasteiger partial charge in [-0.3, -0.25) is 9.69 Å². The van der Waals surface area contributed by atoms with Crippen molar-refractivity contribution in [3.63, 3.8) is 0 Å². The van der Waals surface area contributed by atoms with Crippen LogP contribution in [0.4, 0.5) is 0 Å². The highest BCUT2D eigenvalue weighted by Crippen LogP contribution is 2.24. The molecule has 3 heteroatoms. The molecular formula is C18H26N2O. The molecule has 1 saturated carbocycles. The number of nitrogens with one attached hydrogen (secondary N) is 1. The molecule has 21 heavy (non-hydrogen) atoms. The molecule has 3 nitrogen and oxygen atoms in total. The maximum Gasteiger partial charge on any atom is 0.223 e. The molecule has 0 aromatic heterocycles. The van der Waals surface area contributed by atoms with Crippen molar-refractivity contribution < 1.29 is 4.79 Å². The van der Waals surface area contributed by atoms with Gasteiger partial charge in [0.15, 0.2) is 0 Å². The first kappa shape index (κ1) is 14.6. The summed E-state index contributed by atoms with van der Waals surface area (Å²) in [5.74, 6) is 0.507. The van der Waals surface area contributed by atoms with Gasteiger partial charge in [0.1, 0.15) is 0 Å². The van der Waals surface area contributed by atoms with Crippen molar-refractivity contribution in [3.8, 4) is 0 Å². The van der Waals surface area contributed by atoms with Crippen LogP contribution in [0.2, 0.25) is 0 Å². The first-order valence-electron chi connectivity index (χ1n) is 8.39. The monoisotopic (exact) mass is 286 g/mol. The molecule has 1 aromatic rings. The summed E-state index contributed by atoms with van der Waals surface area (Å²) < 4.78 is 0. The lowest BCUT2D eigenvalue weighted by atomic mass is 10.1. The molecule has 1 amide bonds. The smallest absolute Gasteiger partial charge is 0.223 e. The minimum atomic E-state index is 0.244. The summed E-state index contributed by atoms with van der Waals surface area (Å²) in [5, 5.41) is 3.08. The lowest BCUT2D eigenvalue weighted by Crippen LogP contribution is -2.28. The van der Waals surface area contributed by atoms with E-state index < -0.39 is 0 Å². The van der Waals surface area contributed by atoms with Crippen LogP contribution in [-0.4, -0.2) is 23.9 Å². The molecule has 2 fully saturated rings. The molecule has 0 unspecified atom stereocenters. The normalized spacial score (nSPS) is 20.0. The lowest BCUT2D eigenvalue weighted by molar-refractivity contribution is -0.124. The van der Waals surface area contributed by atoms with E-state index in [1.807, 2.05) is 0 Å². The Balaban J connectivity index is 1.46. The van der Waals surface area contributed by atoms with Gasteiger partial charge < -0.3 is 5.32 Å². The van der Waals surface area contributed by atoms with E-state index in [1.54, 1.807) is 0 Å². The fourth-order valence-electron chi connectivity index (χ4n) is 3.48. The summed E-state index contributed by atoms with van der Waals surface area (Å²) in [7, 11) is 0. The van der Waals surface area contributed by atoms with E-state index in [4.69, 9.17) is 0 Å². The second-order valence-electron chi connectivity index (χ2n) is 6.50. The first-order chi connectivity index (χ1) is 10.3. The minimum Gasteiger partial charge on any atom is -0.352 e. The van der Waals surface area contributed by atoms with Crippen LogP contribution in [0.25, 0.3) is 0 Å². The Labute approximate surface area is 127 Å². The summed E-state index contributed by atoms with van der Waals surface area (Å²) in [4.78, 5) is 14.5. The molecule has 0 bridgehead atoms. The van der Waals surface area contributed by atoms with E-state index >= 15 is 0 Å². The second kappa shape index (κ2) is 7.08. The van der Waals surface area contributed by atoms with Gasteiger partial charge in [-0.2, -0.15) is 0 Å². The summed E-state index contributed by atoms with van der Waals surface area (Å²) >= 11 is 0. The number of hydrogen-bond donors (Lipinski definition) is 1. The summed E-state index contributed by atoms with van der Waals surface area (Å²) in [6.45, 7) is 4.20. The predicted octanol–water partition coefficient (Wildman–Crippen LogP) is 3.09. The molecule has 1 aliphatic carbocycles. The number of rotatable bonds is 5. The Morgan fingerprint density at radius 1 is 1.00 bits per heavy atom. The Hall–Kier alpha value is -1.35. The maximum absolute atomic E-state index is 12.0. The van der Waals surface area contributed by atoms with Crippen molar-refractivity contribution in [1.82, 2.24) is 10.2 Å². The van der Waals surface area contributed by atoms with E-state index in [2.05, 4.69) is 34.5 Å². The number of carbonyl (C=O) groups excluding carboxylic acids is 1. The summed E-state index contributed by atoms with van der Waals surface area (Å²) in [5.41, 5.74) is 2.58. The third-order valence-corrected chi connectivity index (χ3v) is 4.82.